The Hall–Kier alpha value is 1.54. The average molecular weight is 199 g/mol. The van der Waals surface area contributed by atoms with Crippen LogP contribution >= 0.6 is 0 Å². The van der Waals surface area contributed by atoms with Gasteiger partial charge >= 0.3 is 0 Å². The van der Waals surface area contributed by atoms with E-state index in [1.54, 1.807) is 0 Å². The molecule has 0 saturated carbocycles. The van der Waals surface area contributed by atoms with Crippen LogP contribution in [-0.4, -0.2) is 19.4 Å². The Morgan fingerprint density at radius 3 is 1.00 bits per heavy atom. The summed E-state index contributed by atoms with van der Waals surface area (Å²) in [5.74, 6) is 0. The minimum absolute atomic E-state index is 0. The summed E-state index contributed by atoms with van der Waals surface area (Å²) in [6.07, 6.45) is 0. The molecule has 4 heteroatoms. The van der Waals surface area contributed by atoms with Gasteiger partial charge in [-0.25, -0.2) is 0 Å². The molecule has 0 spiro atoms. The van der Waals surface area contributed by atoms with Gasteiger partial charge in [-0.2, -0.15) is 0 Å². The van der Waals surface area contributed by atoms with Crippen molar-refractivity contribution in [2.75, 3.05) is 0 Å². The Morgan fingerprint density at radius 2 is 1.00 bits per heavy atom. The normalized spacial score (nSPS) is 0. The van der Waals surface area contributed by atoms with Gasteiger partial charge in [0.15, 0.2) is 0 Å². The summed E-state index contributed by atoms with van der Waals surface area (Å²) in [5, 5.41) is 0. The van der Waals surface area contributed by atoms with E-state index in [0.29, 0.717) is 0 Å². The third-order valence-electron chi connectivity index (χ3n) is 0. The minimum Gasteiger partial charge on any atom is -0.0149 e. The molecule has 0 N–H and O–H groups in total. The Balaban J connectivity index is 0. The van der Waals surface area contributed by atoms with Crippen LogP contribution in [0.25, 0.3) is 0 Å². The van der Waals surface area contributed by atoms with E-state index in [2.05, 4.69) is 0 Å². The second kappa shape index (κ2) is 24.0. The Bertz CT molecular complexity index is 8.00. The zero-order valence-corrected chi connectivity index (χ0v) is 4.47. The predicted molar refractivity (Wildman–Crippen MR) is 17.1 cm³/mol. The van der Waals surface area contributed by atoms with Gasteiger partial charge in [-0.05, 0) is 11.0 Å². The molecule has 0 rings (SSSR count). The van der Waals surface area contributed by atoms with Crippen LogP contribution in [0.4, 0.5) is 0 Å². The van der Waals surface area contributed by atoms with Crippen LogP contribution in [0.5, 0.6) is 0 Å². The molecule has 0 amide bonds. The van der Waals surface area contributed by atoms with Gasteiger partial charge in [-0.3, -0.25) is 0 Å². The molecule has 5 radical (unpaired) electrons. The number of rotatable bonds is 0. The number of hydrogen-bond donors (Lipinski definition) is 0. The summed E-state index contributed by atoms with van der Waals surface area (Å²) in [6, 6.07) is 0. The standard InChI is InChI=1S/B.Cu.Nb.H4Si/h;;;1H4. The molecule has 0 nitrogen and oxygen atoms in total. The van der Waals surface area contributed by atoms with E-state index < -0.39 is 0 Å². The van der Waals surface area contributed by atoms with Gasteiger partial charge in [0.1, 0.15) is 0 Å². The molecule has 0 aromatic carbocycles. The summed E-state index contributed by atoms with van der Waals surface area (Å²) in [5.41, 5.74) is 0. The summed E-state index contributed by atoms with van der Waals surface area (Å²) in [7, 11) is 0. The molecular formula is H4BCuNbSi. The van der Waals surface area contributed by atoms with Gasteiger partial charge in [0.25, 0.3) is 0 Å². The average Bonchev–Trinajstić information content (AvgIpc) is 0. The summed E-state index contributed by atoms with van der Waals surface area (Å²) in [6.45, 7) is 0. The Kier molecular flexibility index (Phi) is 288. The minimum atomic E-state index is 0. The van der Waals surface area contributed by atoms with Gasteiger partial charge in [0.2, 0.25) is 0 Å². The first kappa shape index (κ1) is 48.1. The third-order valence-corrected chi connectivity index (χ3v) is 0. The Labute approximate surface area is 58.7 Å². The van der Waals surface area contributed by atoms with Crippen molar-refractivity contribution in [3.63, 3.8) is 0 Å². The first-order chi connectivity index (χ1) is 0. The molecule has 0 bridgehead atoms. The third kappa shape index (κ3) is 9.63. The van der Waals surface area contributed by atoms with Crippen LogP contribution in [0, 0.1) is 0 Å². The number of hydrogen-bond acceptors (Lipinski definition) is 0. The van der Waals surface area contributed by atoms with Crippen LogP contribution < -0.4 is 0 Å². The quantitative estimate of drug-likeness (QED) is 0.402. The van der Waals surface area contributed by atoms with Crippen molar-refractivity contribution in [1.82, 2.24) is 0 Å². The second-order valence-corrected chi connectivity index (χ2v) is 0. The van der Waals surface area contributed by atoms with Gasteiger partial charge < -0.3 is 0 Å². The van der Waals surface area contributed by atoms with E-state index in [0.717, 1.165) is 0 Å². The molecule has 27 valence electrons. The van der Waals surface area contributed by atoms with E-state index in [1.165, 1.54) is 0 Å². The van der Waals surface area contributed by atoms with Crippen molar-refractivity contribution in [3.8, 4) is 0 Å². The molecule has 0 atom stereocenters. The molecular weight excluding hydrogens is 195 g/mol. The molecule has 0 saturated heterocycles. The molecule has 0 aromatic heterocycles. The van der Waals surface area contributed by atoms with Crippen LogP contribution in [0.2, 0.25) is 0 Å². The summed E-state index contributed by atoms with van der Waals surface area (Å²) in [4.78, 5) is 0. The predicted octanol–water partition coefficient (Wildman–Crippen LogP) is -1.84. The van der Waals surface area contributed by atoms with Crippen LogP contribution in [0.1, 0.15) is 0 Å². The topological polar surface area (TPSA) is 0 Å². The zero-order valence-electron chi connectivity index (χ0n) is 1.33. The van der Waals surface area contributed by atoms with Crippen LogP contribution in [-0.2, 0) is 39.4 Å². The van der Waals surface area contributed by atoms with Gasteiger partial charge in [-0.15, -0.1) is 0 Å². The molecule has 0 aliphatic rings. The van der Waals surface area contributed by atoms with E-state index in [1.807, 2.05) is 0 Å². The summed E-state index contributed by atoms with van der Waals surface area (Å²) < 4.78 is 0. The van der Waals surface area contributed by atoms with E-state index >= 15 is 0 Å². The smallest absolute Gasteiger partial charge is 0 e. The van der Waals surface area contributed by atoms with Crippen LogP contribution in [0.3, 0.4) is 0 Å². The first-order valence-corrected chi connectivity index (χ1v) is 0. The molecule has 0 fully saturated rings. The van der Waals surface area contributed by atoms with Crippen LogP contribution in [0.15, 0.2) is 0 Å². The molecule has 0 aromatic rings. The molecule has 0 aliphatic carbocycles. The maximum Gasteiger partial charge on any atom is 0 e. The monoisotopic (exact) mass is 199 g/mol. The Morgan fingerprint density at radius 1 is 1.00 bits per heavy atom. The van der Waals surface area contributed by atoms with E-state index in [4.69, 9.17) is 0 Å². The van der Waals surface area contributed by atoms with Crippen molar-refractivity contribution in [2.24, 2.45) is 0 Å². The van der Waals surface area contributed by atoms with Crippen molar-refractivity contribution in [2.45, 2.75) is 0 Å². The second-order valence-electron chi connectivity index (χ2n) is 0. The van der Waals surface area contributed by atoms with Gasteiger partial charge in [0, 0.05) is 47.9 Å². The van der Waals surface area contributed by atoms with Crippen molar-refractivity contribution in [3.05, 3.63) is 0 Å². The van der Waals surface area contributed by atoms with Gasteiger partial charge in [-0.1, -0.05) is 0 Å². The van der Waals surface area contributed by atoms with Crippen molar-refractivity contribution < 1.29 is 39.4 Å². The maximum atomic E-state index is 0. The van der Waals surface area contributed by atoms with Gasteiger partial charge in [0.05, 0.1) is 0 Å². The van der Waals surface area contributed by atoms with Crippen molar-refractivity contribution in [1.29, 1.82) is 0 Å². The molecule has 0 heterocycles. The molecule has 0 unspecified atom stereocenters. The van der Waals surface area contributed by atoms with E-state index in [-0.39, 0.29) is 58.8 Å². The summed E-state index contributed by atoms with van der Waals surface area (Å²) >= 11 is 0. The fraction of sp³-hybridized carbons (Fsp3) is 0. The molecule has 0 aliphatic heterocycles. The molecule has 4 heavy (non-hydrogen) atoms. The zero-order chi connectivity index (χ0) is 0. The fourth-order valence-electron chi connectivity index (χ4n) is 0. The first-order valence-electron chi connectivity index (χ1n) is 0. The van der Waals surface area contributed by atoms with Crippen molar-refractivity contribution >= 4 is 19.4 Å². The fourth-order valence-corrected chi connectivity index (χ4v) is 0. The van der Waals surface area contributed by atoms with E-state index in [9.17, 15) is 0 Å². The largest absolute Gasteiger partial charge is 0.0149 e. The SMILES string of the molecule is [B].[Cu].[Nb].[SiH4]. The maximum absolute atomic E-state index is 0.